The average molecular weight is 292 g/mol. The Bertz CT molecular complexity index is 656. The number of halogens is 1. The highest BCUT2D eigenvalue weighted by atomic mass is 35.5. The predicted molar refractivity (Wildman–Crippen MR) is 78.8 cm³/mol. The number of carbonyl (C=O) groups excluding carboxylic acids is 1. The van der Waals surface area contributed by atoms with Crippen LogP contribution in [0.3, 0.4) is 0 Å². The number of methoxy groups -OCH3 is 2. The van der Waals surface area contributed by atoms with Gasteiger partial charge >= 0.3 is 0 Å². The fraction of sp³-hybridized carbons (Fsp3) is 0.133. The molecule has 0 unspecified atom stereocenters. The Balaban J connectivity index is 2.55. The molecule has 0 amide bonds. The molecule has 2 aromatic carbocycles. The number of rotatable bonds is 4. The summed E-state index contributed by atoms with van der Waals surface area (Å²) in [5, 5.41) is 0.238. The predicted octanol–water partition coefficient (Wildman–Crippen LogP) is 3.17. The maximum atomic E-state index is 12.6. The van der Waals surface area contributed by atoms with Crippen molar-refractivity contribution in [1.82, 2.24) is 0 Å². The largest absolute Gasteiger partial charge is 0.497 e. The molecule has 0 aromatic heterocycles. The topological polar surface area (TPSA) is 61.5 Å². The fourth-order valence-electron chi connectivity index (χ4n) is 1.86. The lowest BCUT2D eigenvalue weighted by Crippen LogP contribution is -2.06. The zero-order chi connectivity index (χ0) is 14.7. The lowest BCUT2D eigenvalue weighted by molar-refractivity contribution is 0.103. The molecule has 0 bridgehead atoms. The molecule has 0 aliphatic heterocycles. The van der Waals surface area contributed by atoms with Gasteiger partial charge in [-0.3, -0.25) is 4.79 Å². The van der Waals surface area contributed by atoms with Gasteiger partial charge in [-0.1, -0.05) is 17.7 Å². The molecule has 0 heterocycles. The number of ether oxygens (including phenoxy) is 2. The second kappa shape index (κ2) is 5.84. The molecule has 2 N–H and O–H groups in total. The van der Waals surface area contributed by atoms with E-state index in [1.165, 1.54) is 14.2 Å². The van der Waals surface area contributed by atoms with Crippen molar-refractivity contribution in [2.24, 2.45) is 0 Å². The molecule has 0 aliphatic rings. The Morgan fingerprint density at radius 3 is 2.50 bits per heavy atom. The van der Waals surface area contributed by atoms with Crippen LogP contribution in [0.15, 0.2) is 36.4 Å². The van der Waals surface area contributed by atoms with E-state index in [-0.39, 0.29) is 10.8 Å². The van der Waals surface area contributed by atoms with Crippen LogP contribution in [0.25, 0.3) is 0 Å². The van der Waals surface area contributed by atoms with Crippen molar-refractivity contribution < 1.29 is 14.3 Å². The summed E-state index contributed by atoms with van der Waals surface area (Å²) in [7, 11) is 3.03. The molecule has 0 saturated heterocycles. The number of nitrogens with two attached hydrogens (primary N) is 1. The molecule has 0 atom stereocenters. The Kier molecular flexibility index (Phi) is 4.15. The molecule has 0 fully saturated rings. The summed E-state index contributed by atoms with van der Waals surface area (Å²) < 4.78 is 10.3. The fourth-order valence-corrected chi connectivity index (χ4v) is 2.07. The van der Waals surface area contributed by atoms with E-state index in [9.17, 15) is 4.79 Å². The van der Waals surface area contributed by atoms with Crippen molar-refractivity contribution in [1.29, 1.82) is 0 Å². The number of nitrogen functional groups attached to an aromatic ring is 1. The molecule has 104 valence electrons. The van der Waals surface area contributed by atoms with Gasteiger partial charge in [0, 0.05) is 5.56 Å². The summed E-state index contributed by atoms with van der Waals surface area (Å²) in [4.78, 5) is 12.6. The lowest BCUT2D eigenvalue weighted by Gasteiger charge is -2.11. The minimum absolute atomic E-state index is 0.238. The maximum Gasteiger partial charge on any atom is 0.198 e. The number of hydrogen-bond donors (Lipinski definition) is 1. The number of ketones is 1. The summed E-state index contributed by atoms with van der Waals surface area (Å²) in [5.41, 5.74) is 6.79. The van der Waals surface area contributed by atoms with E-state index in [4.69, 9.17) is 26.8 Å². The SMILES string of the molecule is COc1ccc(OC)c(C(=O)c2cccc(N)c2Cl)c1. The van der Waals surface area contributed by atoms with E-state index >= 15 is 0 Å². The molecule has 0 radical (unpaired) electrons. The van der Waals surface area contributed by atoms with E-state index in [2.05, 4.69) is 0 Å². The van der Waals surface area contributed by atoms with Crippen LogP contribution in [0.5, 0.6) is 11.5 Å². The summed E-state index contributed by atoms with van der Waals surface area (Å²) in [6.07, 6.45) is 0. The Morgan fingerprint density at radius 1 is 1.10 bits per heavy atom. The van der Waals surface area contributed by atoms with Crippen molar-refractivity contribution in [3.05, 3.63) is 52.5 Å². The van der Waals surface area contributed by atoms with Gasteiger partial charge in [0.25, 0.3) is 0 Å². The second-order valence-electron chi connectivity index (χ2n) is 4.10. The molecule has 20 heavy (non-hydrogen) atoms. The third-order valence-electron chi connectivity index (χ3n) is 2.92. The highest BCUT2D eigenvalue weighted by Crippen LogP contribution is 2.30. The van der Waals surface area contributed by atoms with Crippen LogP contribution in [0.2, 0.25) is 5.02 Å². The maximum absolute atomic E-state index is 12.6. The molecule has 0 spiro atoms. The Labute approximate surface area is 122 Å². The van der Waals surface area contributed by atoms with E-state index in [0.717, 1.165) is 0 Å². The van der Waals surface area contributed by atoms with Gasteiger partial charge in [0.2, 0.25) is 0 Å². The van der Waals surface area contributed by atoms with Crippen LogP contribution in [0, 0.1) is 0 Å². The highest BCUT2D eigenvalue weighted by Gasteiger charge is 2.19. The first kappa shape index (κ1) is 14.2. The van der Waals surface area contributed by atoms with Crippen LogP contribution in [0.1, 0.15) is 15.9 Å². The monoisotopic (exact) mass is 291 g/mol. The van der Waals surface area contributed by atoms with Crippen LogP contribution in [-0.2, 0) is 0 Å². The van der Waals surface area contributed by atoms with Crippen LogP contribution in [-0.4, -0.2) is 20.0 Å². The second-order valence-corrected chi connectivity index (χ2v) is 4.48. The molecular formula is C15H14ClNO3. The molecule has 2 rings (SSSR count). The number of hydrogen-bond acceptors (Lipinski definition) is 4. The van der Waals surface area contributed by atoms with E-state index in [0.29, 0.717) is 28.3 Å². The molecular weight excluding hydrogens is 278 g/mol. The average Bonchev–Trinajstić information content (AvgIpc) is 2.48. The zero-order valence-corrected chi connectivity index (χ0v) is 11.9. The summed E-state index contributed by atoms with van der Waals surface area (Å²) in [6, 6.07) is 9.95. The van der Waals surface area contributed by atoms with Gasteiger partial charge in [-0.05, 0) is 30.3 Å². The zero-order valence-electron chi connectivity index (χ0n) is 11.1. The number of carbonyl (C=O) groups is 1. The van der Waals surface area contributed by atoms with Gasteiger partial charge in [0.15, 0.2) is 5.78 Å². The van der Waals surface area contributed by atoms with Crippen molar-refractivity contribution in [3.8, 4) is 11.5 Å². The van der Waals surface area contributed by atoms with Gasteiger partial charge in [0.05, 0.1) is 30.5 Å². The first-order chi connectivity index (χ1) is 9.58. The van der Waals surface area contributed by atoms with Crippen LogP contribution < -0.4 is 15.2 Å². The minimum Gasteiger partial charge on any atom is -0.497 e. The Hall–Kier alpha value is -2.20. The van der Waals surface area contributed by atoms with E-state index < -0.39 is 0 Å². The molecule has 5 heteroatoms. The molecule has 0 aliphatic carbocycles. The van der Waals surface area contributed by atoms with Crippen LogP contribution in [0.4, 0.5) is 5.69 Å². The van der Waals surface area contributed by atoms with Crippen molar-refractivity contribution in [2.75, 3.05) is 20.0 Å². The quantitative estimate of drug-likeness (QED) is 0.694. The smallest absolute Gasteiger partial charge is 0.198 e. The molecule has 0 saturated carbocycles. The third-order valence-corrected chi connectivity index (χ3v) is 3.35. The number of anilines is 1. The highest BCUT2D eigenvalue weighted by molar-refractivity contribution is 6.37. The first-order valence-electron chi connectivity index (χ1n) is 5.89. The van der Waals surface area contributed by atoms with Crippen molar-refractivity contribution in [2.45, 2.75) is 0 Å². The van der Waals surface area contributed by atoms with Gasteiger partial charge in [-0.2, -0.15) is 0 Å². The van der Waals surface area contributed by atoms with Gasteiger partial charge in [0.1, 0.15) is 11.5 Å². The molecule has 4 nitrogen and oxygen atoms in total. The van der Waals surface area contributed by atoms with E-state index in [1.54, 1.807) is 36.4 Å². The summed E-state index contributed by atoms with van der Waals surface area (Å²) >= 11 is 6.09. The van der Waals surface area contributed by atoms with Gasteiger partial charge in [-0.25, -0.2) is 0 Å². The van der Waals surface area contributed by atoms with Crippen molar-refractivity contribution in [3.63, 3.8) is 0 Å². The van der Waals surface area contributed by atoms with E-state index in [1.807, 2.05) is 0 Å². The van der Waals surface area contributed by atoms with Gasteiger partial charge in [-0.15, -0.1) is 0 Å². The normalized spacial score (nSPS) is 10.2. The third kappa shape index (κ3) is 2.56. The minimum atomic E-state index is -0.266. The standard InChI is InChI=1S/C15H14ClNO3/c1-19-9-6-7-13(20-2)11(8-9)15(18)10-4-3-5-12(17)14(10)16/h3-8H,17H2,1-2H3. The first-order valence-corrected chi connectivity index (χ1v) is 6.27. The number of benzene rings is 2. The van der Waals surface area contributed by atoms with Crippen LogP contribution >= 0.6 is 11.6 Å². The summed E-state index contributed by atoms with van der Waals surface area (Å²) in [6.45, 7) is 0. The molecule has 2 aromatic rings. The van der Waals surface area contributed by atoms with Crippen molar-refractivity contribution >= 4 is 23.1 Å². The summed E-state index contributed by atoms with van der Waals surface area (Å²) in [5.74, 6) is 0.751. The van der Waals surface area contributed by atoms with Gasteiger partial charge < -0.3 is 15.2 Å². The Morgan fingerprint density at radius 2 is 1.85 bits per heavy atom. The lowest BCUT2D eigenvalue weighted by atomic mass is 10.0.